The highest BCUT2D eigenvalue weighted by molar-refractivity contribution is 7.92. The Labute approximate surface area is 196 Å². The van der Waals surface area contributed by atoms with E-state index in [1.165, 1.54) is 9.21 Å². The minimum absolute atomic E-state index is 0.147. The van der Waals surface area contributed by atoms with Crippen molar-refractivity contribution in [2.24, 2.45) is 0 Å². The summed E-state index contributed by atoms with van der Waals surface area (Å²) in [7, 11) is -0.722. The van der Waals surface area contributed by atoms with Crippen LogP contribution >= 0.6 is 0 Å². The van der Waals surface area contributed by atoms with Gasteiger partial charge in [0.05, 0.1) is 17.7 Å². The van der Waals surface area contributed by atoms with Crippen LogP contribution < -0.4 is 9.04 Å². The highest BCUT2D eigenvalue weighted by atomic mass is 32.2. The van der Waals surface area contributed by atoms with Crippen molar-refractivity contribution < 1.29 is 17.9 Å². The Balaban J connectivity index is 1.97. The topological polar surface area (TPSA) is 66.9 Å². The van der Waals surface area contributed by atoms with Crippen LogP contribution in [0, 0.1) is 20.8 Å². The Hall–Kier alpha value is -3.32. The molecule has 0 bridgehead atoms. The van der Waals surface area contributed by atoms with E-state index in [0.717, 1.165) is 22.3 Å². The van der Waals surface area contributed by atoms with E-state index in [4.69, 9.17) is 4.74 Å². The van der Waals surface area contributed by atoms with E-state index in [2.05, 4.69) is 0 Å². The molecule has 0 saturated heterocycles. The van der Waals surface area contributed by atoms with Crippen molar-refractivity contribution in [1.82, 2.24) is 4.90 Å². The smallest absolute Gasteiger partial charge is 0.264 e. The molecule has 174 valence electrons. The van der Waals surface area contributed by atoms with Crippen molar-refractivity contribution in [2.75, 3.05) is 25.0 Å². The molecule has 6 nitrogen and oxygen atoms in total. The Morgan fingerprint density at radius 2 is 1.58 bits per heavy atom. The number of hydrogen-bond acceptors (Lipinski definition) is 4. The molecule has 3 aromatic rings. The third-order valence-corrected chi connectivity index (χ3v) is 7.53. The lowest BCUT2D eigenvalue weighted by atomic mass is 10.1. The maximum absolute atomic E-state index is 13.7. The molecule has 0 aliphatic heterocycles. The molecular weight excluding hydrogens is 436 g/mol. The standard InChI is InChI=1S/C26H30N2O4S/c1-19-13-15-23(16-14-19)33(30,31)28(24-11-8-9-20(2)21(24)3)18-26(29)27(4)17-22-10-6-7-12-25(22)32-5/h6-16H,17-18H2,1-5H3. The Morgan fingerprint density at radius 1 is 0.909 bits per heavy atom. The lowest BCUT2D eigenvalue weighted by Gasteiger charge is -2.28. The first-order valence-corrected chi connectivity index (χ1v) is 12.1. The molecule has 0 spiro atoms. The second-order valence-electron chi connectivity index (χ2n) is 8.11. The molecule has 7 heteroatoms. The predicted molar refractivity (Wildman–Crippen MR) is 131 cm³/mol. The minimum Gasteiger partial charge on any atom is -0.496 e. The van der Waals surface area contributed by atoms with Gasteiger partial charge in [-0.05, 0) is 56.2 Å². The van der Waals surface area contributed by atoms with E-state index in [1.54, 1.807) is 50.6 Å². The molecule has 0 radical (unpaired) electrons. The van der Waals surface area contributed by atoms with Gasteiger partial charge in [0.25, 0.3) is 10.0 Å². The van der Waals surface area contributed by atoms with Crippen LogP contribution in [0.25, 0.3) is 0 Å². The molecule has 3 aromatic carbocycles. The van der Waals surface area contributed by atoms with Crippen molar-refractivity contribution in [3.63, 3.8) is 0 Å². The van der Waals surface area contributed by atoms with Crippen LogP contribution in [0.1, 0.15) is 22.3 Å². The number of benzene rings is 3. The number of amides is 1. The third-order valence-electron chi connectivity index (χ3n) is 5.76. The van der Waals surface area contributed by atoms with Gasteiger partial charge < -0.3 is 9.64 Å². The zero-order valence-electron chi connectivity index (χ0n) is 19.7. The molecule has 0 saturated carbocycles. The van der Waals surface area contributed by atoms with Gasteiger partial charge >= 0.3 is 0 Å². The lowest BCUT2D eigenvalue weighted by Crippen LogP contribution is -2.41. The first-order chi connectivity index (χ1) is 15.6. The highest BCUT2D eigenvalue weighted by Gasteiger charge is 2.29. The molecular formula is C26H30N2O4S. The van der Waals surface area contributed by atoms with E-state index < -0.39 is 10.0 Å². The average Bonchev–Trinajstić information content (AvgIpc) is 2.80. The number of nitrogens with zero attached hydrogens (tertiary/aromatic N) is 2. The first kappa shape index (κ1) is 24.3. The second-order valence-corrected chi connectivity index (χ2v) is 9.97. The number of rotatable bonds is 8. The van der Waals surface area contributed by atoms with Gasteiger partial charge in [-0.1, -0.05) is 48.0 Å². The second kappa shape index (κ2) is 10.1. The number of hydrogen-bond donors (Lipinski definition) is 0. The number of methoxy groups -OCH3 is 1. The molecule has 0 atom stereocenters. The van der Waals surface area contributed by atoms with Crippen molar-refractivity contribution in [3.05, 3.63) is 89.0 Å². The fourth-order valence-electron chi connectivity index (χ4n) is 3.56. The van der Waals surface area contributed by atoms with Gasteiger partial charge in [-0.3, -0.25) is 9.10 Å². The molecule has 3 rings (SSSR count). The van der Waals surface area contributed by atoms with Gasteiger partial charge in [0.15, 0.2) is 0 Å². The van der Waals surface area contributed by atoms with Gasteiger partial charge in [-0.15, -0.1) is 0 Å². The Morgan fingerprint density at radius 3 is 2.24 bits per heavy atom. The van der Waals surface area contributed by atoms with Gasteiger partial charge in [0.1, 0.15) is 12.3 Å². The van der Waals surface area contributed by atoms with Crippen molar-refractivity contribution in [2.45, 2.75) is 32.2 Å². The molecule has 0 aliphatic carbocycles. The average molecular weight is 467 g/mol. The van der Waals surface area contributed by atoms with Crippen molar-refractivity contribution in [1.29, 1.82) is 0 Å². The third kappa shape index (κ3) is 5.37. The summed E-state index contributed by atoms with van der Waals surface area (Å²) in [5.41, 5.74) is 4.06. The van der Waals surface area contributed by atoms with Crippen LogP contribution in [0.15, 0.2) is 71.6 Å². The summed E-state index contributed by atoms with van der Waals surface area (Å²) in [6, 6.07) is 19.6. The van der Waals surface area contributed by atoms with Gasteiger partial charge in [0, 0.05) is 19.2 Å². The number of anilines is 1. The summed E-state index contributed by atoms with van der Waals surface area (Å²) in [6.07, 6.45) is 0. The van der Waals surface area contributed by atoms with E-state index in [1.807, 2.05) is 51.1 Å². The van der Waals surface area contributed by atoms with Gasteiger partial charge in [-0.2, -0.15) is 0 Å². The molecule has 0 N–H and O–H groups in total. The van der Waals surface area contributed by atoms with E-state index in [0.29, 0.717) is 18.0 Å². The summed E-state index contributed by atoms with van der Waals surface area (Å²) in [5.74, 6) is 0.355. The zero-order valence-corrected chi connectivity index (χ0v) is 20.5. The first-order valence-electron chi connectivity index (χ1n) is 10.7. The molecule has 0 unspecified atom stereocenters. The monoisotopic (exact) mass is 466 g/mol. The van der Waals surface area contributed by atoms with Crippen LogP contribution in [0.5, 0.6) is 5.75 Å². The molecule has 0 aliphatic rings. The number of sulfonamides is 1. The summed E-state index contributed by atoms with van der Waals surface area (Å²) in [5, 5.41) is 0. The van der Waals surface area contributed by atoms with Gasteiger partial charge in [-0.25, -0.2) is 8.42 Å². The fraction of sp³-hybridized carbons (Fsp3) is 0.269. The van der Waals surface area contributed by atoms with Crippen LogP contribution in [-0.4, -0.2) is 39.9 Å². The van der Waals surface area contributed by atoms with E-state index >= 15 is 0 Å². The predicted octanol–water partition coefficient (Wildman–Crippen LogP) is 4.47. The van der Waals surface area contributed by atoms with Crippen LogP contribution in [0.3, 0.4) is 0 Å². The molecule has 0 fully saturated rings. The van der Waals surface area contributed by atoms with E-state index in [9.17, 15) is 13.2 Å². The zero-order chi connectivity index (χ0) is 24.2. The number of aryl methyl sites for hydroxylation is 2. The van der Waals surface area contributed by atoms with Crippen LogP contribution in [0.2, 0.25) is 0 Å². The number of para-hydroxylation sites is 1. The van der Waals surface area contributed by atoms with Gasteiger partial charge in [0.2, 0.25) is 5.91 Å². The highest BCUT2D eigenvalue weighted by Crippen LogP contribution is 2.29. The molecule has 1 amide bonds. The normalized spacial score (nSPS) is 11.2. The quantitative estimate of drug-likeness (QED) is 0.491. The van der Waals surface area contributed by atoms with Crippen molar-refractivity contribution >= 4 is 21.6 Å². The maximum atomic E-state index is 13.7. The molecule has 0 heterocycles. The molecule has 33 heavy (non-hydrogen) atoms. The summed E-state index contributed by atoms with van der Waals surface area (Å²) >= 11 is 0. The Kier molecular flexibility index (Phi) is 7.43. The number of likely N-dealkylation sites (N-methyl/N-ethyl adjacent to an activating group) is 1. The van der Waals surface area contributed by atoms with Crippen LogP contribution in [-0.2, 0) is 21.4 Å². The summed E-state index contributed by atoms with van der Waals surface area (Å²) < 4.78 is 33.9. The fourth-order valence-corrected chi connectivity index (χ4v) is 5.04. The lowest BCUT2D eigenvalue weighted by molar-refractivity contribution is -0.128. The number of carbonyl (C=O) groups excluding carboxylic acids is 1. The van der Waals surface area contributed by atoms with Crippen molar-refractivity contribution in [3.8, 4) is 5.75 Å². The maximum Gasteiger partial charge on any atom is 0.264 e. The van der Waals surface area contributed by atoms with E-state index in [-0.39, 0.29) is 17.3 Å². The summed E-state index contributed by atoms with van der Waals surface area (Å²) in [4.78, 5) is 14.9. The Bertz CT molecular complexity index is 1240. The largest absolute Gasteiger partial charge is 0.496 e. The number of carbonyl (C=O) groups is 1. The number of ether oxygens (including phenoxy) is 1. The minimum atomic E-state index is -3.96. The summed E-state index contributed by atoms with van der Waals surface area (Å²) in [6.45, 7) is 5.67. The SMILES string of the molecule is COc1ccccc1CN(C)C(=O)CN(c1cccc(C)c1C)S(=O)(=O)c1ccc(C)cc1. The van der Waals surface area contributed by atoms with Crippen LogP contribution in [0.4, 0.5) is 5.69 Å². The molecule has 0 aromatic heterocycles.